The van der Waals surface area contributed by atoms with Gasteiger partial charge in [0.25, 0.3) is 0 Å². The lowest BCUT2D eigenvalue weighted by Gasteiger charge is -2.20. The Kier molecular flexibility index (Phi) is 12.6. The van der Waals surface area contributed by atoms with Crippen LogP contribution in [0.2, 0.25) is 0 Å². The Labute approximate surface area is 207 Å². The van der Waals surface area contributed by atoms with Gasteiger partial charge in [-0.2, -0.15) is 0 Å². The van der Waals surface area contributed by atoms with Crippen molar-refractivity contribution in [3.63, 3.8) is 0 Å². The molecular formula is C22H36IN5O2S. The highest BCUT2D eigenvalue weighted by atomic mass is 127. The van der Waals surface area contributed by atoms with Crippen molar-refractivity contribution in [1.82, 2.24) is 15.6 Å². The molecule has 1 aromatic heterocycles. The maximum Gasteiger partial charge on any atom is 0.191 e. The number of benzene rings is 1. The molecule has 0 aliphatic heterocycles. The third-order valence-corrected chi connectivity index (χ3v) is 5.38. The van der Waals surface area contributed by atoms with Crippen molar-refractivity contribution < 1.29 is 9.47 Å². The number of hydrogen-bond donors (Lipinski definition) is 2. The molecule has 0 bridgehead atoms. The zero-order valence-corrected chi connectivity index (χ0v) is 22.5. The molecule has 2 rings (SSSR count). The topological polar surface area (TPSA) is 71.0 Å². The van der Waals surface area contributed by atoms with Crippen LogP contribution in [0, 0.1) is 0 Å². The van der Waals surface area contributed by atoms with Gasteiger partial charge in [0.1, 0.15) is 0 Å². The third-order valence-electron chi connectivity index (χ3n) is 4.33. The molecule has 2 N–H and O–H groups in total. The first kappa shape index (κ1) is 27.3. The van der Waals surface area contributed by atoms with Crippen LogP contribution >= 0.6 is 35.3 Å². The van der Waals surface area contributed by atoms with Crippen LogP contribution in [-0.2, 0) is 6.54 Å². The summed E-state index contributed by atoms with van der Waals surface area (Å²) in [4.78, 5) is 10.9. The van der Waals surface area contributed by atoms with Gasteiger partial charge in [0.15, 0.2) is 22.6 Å². The summed E-state index contributed by atoms with van der Waals surface area (Å²) < 4.78 is 11.8. The number of rotatable bonds is 11. The van der Waals surface area contributed by atoms with Gasteiger partial charge in [0.2, 0.25) is 0 Å². The zero-order chi connectivity index (χ0) is 21.9. The lowest BCUT2D eigenvalue weighted by Crippen LogP contribution is -2.38. The van der Waals surface area contributed by atoms with Crippen LogP contribution in [0.5, 0.6) is 11.5 Å². The van der Waals surface area contributed by atoms with Gasteiger partial charge in [-0.25, -0.2) is 4.98 Å². The molecule has 7 nitrogen and oxygen atoms in total. The van der Waals surface area contributed by atoms with Crippen LogP contribution in [0.25, 0.3) is 0 Å². The molecule has 0 spiro atoms. The van der Waals surface area contributed by atoms with Crippen molar-refractivity contribution in [2.45, 2.75) is 46.2 Å². The summed E-state index contributed by atoms with van der Waals surface area (Å²) in [5, 5.41) is 9.83. The van der Waals surface area contributed by atoms with Gasteiger partial charge in [-0.15, -0.1) is 35.3 Å². The summed E-state index contributed by atoms with van der Waals surface area (Å²) in [5.41, 5.74) is 2.10. The Hall–Kier alpha value is -1.75. The molecule has 0 saturated carbocycles. The van der Waals surface area contributed by atoms with E-state index in [0.29, 0.717) is 19.8 Å². The Morgan fingerprint density at radius 3 is 2.42 bits per heavy atom. The molecule has 0 amide bonds. The first-order chi connectivity index (χ1) is 14.5. The summed E-state index contributed by atoms with van der Waals surface area (Å²) in [7, 11) is 5.76. The summed E-state index contributed by atoms with van der Waals surface area (Å²) >= 11 is 1.63. The minimum atomic E-state index is 0. The van der Waals surface area contributed by atoms with Gasteiger partial charge in [0.05, 0.1) is 31.5 Å². The second-order valence-corrected chi connectivity index (χ2v) is 8.05. The molecule has 0 saturated heterocycles. The minimum Gasteiger partial charge on any atom is -0.490 e. The third kappa shape index (κ3) is 8.72. The second-order valence-electron chi connectivity index (χ2n) is 7.21. The number of thiazole rings is 1. The Bertz CT molecular complexity index is 813. The van der Waals surface area contributed by atoms with Gasteiger partial charge < -0.3 is 25.0 Å². The number of nitrogens with zero attached hydrogens (tertiary/aromatic N) is 3. The van der Waals surface area contributed by atoms with Crippen molar-refractivity contribution in [2.24, 2.45) is 4.99 Å². The van der Waals surface area contributed by atoms with Crippen LogP contribution in [0.3, 0.4) is 0 Å². The van der Waals surface area contributed by atoms with E-state index in [1.165, 1.54) is 0 Å². The molecule has 0 aliphatic rings. The van der Waals surface area contributed by atoms with Crippen molar-refractivity contribution in [3.05, 3.63) is 34.8 Å². The molecule has 0 radical (unpaired) electrons. The number of anilines is 1. The number of halogens is 1. The van der Waals surface area contributed by atoms with Crippen molar-refractivity contribution in [1.29, 1.82) is 0 Å². The number of aliphatic imine (C=N–C) groups is 1. The van der Waals surface area contributed by atoms with Gasteiger partial charge in [-0.3, -0.25) is 4.99 Å². The molecule has 9 heteroatoms. The lowest BCUT2D eigenvalue weighted by molar-refractivity contribution is 0.268. The number of guanidine groups is 1. The summed E-state index contributed by atoms with van der Waals surface area (Å²) in [6.07, 6.45) is 1.91. The predicted octanol–water partition coefficient (Wildman–Crippen LogP) is 4.83. The van der Waals surface area contributed by atoms with E-state index >= 15 is 0 Å². The molecule has 1 unspecified atom stereocenters. The van der Waals surface area contributed by atoms with Crippen LogP contribution in [0.15, 0.2) is 28.6 Å². The fourth-order valence-corrected chi connectivity index (χ4v) is 3.45. The molecule has 31 heavy (non-hydrogen) atoms. The van der Waals surface area contributed by atoms with E-state index in [4.69, 9.17) is 9.47 Å². The minimum absolute atomic E-state index is 0. The standard InChI is InChI=1S/C22H35N5O2S.HI/c1-7-11-28-19-10-9-17(13-20(19)29-12-8-2)16(3)25-21(23-4)24-14-18-15-30-22(26-18)27(5)6;/h9-10,13,15-16H,7-8,11-12,14H2,1-6H3,(H2,23,24,25);1H. The molecule has 2 aromatic rings. The Morgan fingerprint density at radius 2 is 1.84 bits per heavy atom. The lowest BCUT2D eigenvalue weighted by atomic mass is 10.1. The van der Waals surface area contributed by atoms with E-state index in [0.717, 1.165) is 46.7 Å². The smallest absolute Gasteiger partial charge is 0.191 e. The Balaban J connectivity index is 0.00000480. The van der Waals surface area contributed by atoms with Crippen molar-refractivity contribution in [2.75, 3.05) is 39.3 Å². The van der Waals surface area contributed by atoms with E-state index in [9.17, 15) is 0 Å². The van der Waals surface area contributed by atoms with Gasteiger partial charge in [0, 0.05) is 26.5 Å². The van der Waals surface area contributed by atoms with E-state index in [2.05, 4.69) is 58.9 Å². The normalized spacial score (nSPS) is 12.0. The average Bonchev–Trinajstić information content (AvgIpc) is 3.23. The fraction of sp³-hybridized carbons (Fsp3) is 0.545. The quantitative estimate of drug-likeness (QED) is 0.233. The molecule has 0 fully saturated rings. The SMILES string of the molecule is CCCOc1ccc(C(C)NC(=NC)NCc2csc(N(C)C)n2)cc1OCCC.I. The summed E-state index contributed by atoms with van der Waals surface area (Å²) in [6.45, 7) is 8.26. The van der Waals surface area contributed by atoms with E-state index < -0.39 is 0 Å². The van der Waals surface area contributed by atoms with E-state index in [1.807, 2.05) is 25.1 Å². The molecule has 174 valence electrons. The maximum absolute atomic E-state index is 5.92. The maximum atomic E-state index is 5.92. The molecule has 1 aromatic carbocycles. The largest absolute Gasteiger partial charge is 0.490 e. The van der Waals surface area contributed by atoms with Crippen molar-refractivity contribution in [3.8, 4) is 11.5 Å². The highest BCUT2D eigenvalue weighted by Crippen LogP contribution is 2.31. The number of aromatic nitrogens is 1. The zero-order valence-electron chi connectivity index (χ0n) is 19.4. The molecule has 1 heterocycles. The van der Waals surface area contributed by atoms with Gasteiger partial charge in [-0.05, 0) is 37.5 Å². The number of hydrogen-bond acceptors (Lipinski definition) is 6. The highest BCUT2D eigenvalue weighted by Gasteiger charge is 2.13. The summed E-state index contributed by atoms with van der Waals surface area (Å²) in [6, 6.07) is 6.16. The van der Waals surface area contributed by atoms with Crippen molar-refractivity contribution >= 4 is 46.4 Å². The van der Waals surface area contributed by atoms with Crippen LogP contribution in [0.1, 0.15) is 50.9 Å². The van der Waals surface area contributed by atoms with Gasteiger partial charge in [-0.1, -0.05) is 19.9 Å². The van der Waals surface area contributed by atoms with Crippen LogP contribution in [-0.4, -0.2) is 45.3 Å². The number of ether oxygens (including phenoxy) is 2. The molecular weight excluding hydrogens is 525 g/mol. The Morgan fingerprint density at radius 1 is 1.16 bits per heavy atom. The first-order valence-corrected chi connectivity index (χ1v) is 11.3. The van der Waals surface area contributed by atoms with E-state index in [1.54, 1.807) is 18.4 Å². The van der Waals surface area contributed by atoms with Crippen LogP contribution in [0.4, 0.5) is 5.13 Å². The first-order valence-electron chi connectivity index (χ1n) is 10.5. The number of nitrogens with one attached hydrogen (secondary N) is 2. The van der Waals surface area contributed by atoms with Gasteiger partial charge >= 0.3 is 0 Å². The molecule has 1 atom stereocenters. The van der Waals surface area contributed by atoms with E-state index in [-0.39, 0.29) is 30.0 Å². The molecule has 0 aliphatic carbocycles. The summed E-state index contributed by atoms with van der Waals surface area (Å²) in [5.74, 6) is 2.31. The average molecular weight is 562 g/mol. The predicted molar refractivity (Wildman–Crippen MR) is 142 cm³/mol. The van der Waals surface area contributed by atoms with Crippen LogP contribution < -0.4 is 25.0 Å². The monoisotopic (exact) mass is 561 g/mol. The fourth-order valence-electron chi connectivity index (χ4n) is 2.69. The highest BCUT2D eigenvalue weighted by molar-refractivity contribution is 14.0. The second kappa shape index (κ2) is 14.3.